The van der Waals surface area contributed by atoms with Crippen LogP contribution in [0.1, 0.15) is 34.3 Å². The number of hydrogen-bond donors (Lipinski definition) is 3. The molecule has 2 aromatic carbocycles. The van der Waals surface area contributed by atoms with E-state index in [4.69, 9.17) is 5.73 Å². The molecule has 1 unspecified atom stereocenters. The zero-order valence-electron chi connectivity index (χ0n) is 15.9. The second-order valence-electron chi connectivity index (χ2n) is 7.10. The van der Waals surface area contributed by atoms with Crippen molar-refractivity contribution in [1.29, 1.82) is 0 Å². The van der Waals surface area contributed by atoms with Gasteiger partial charge in [-0.1, -0.05) is 18.2 Å². The molecule has 0 bridgehead atoms. The van der Waals surface area contributed by atoms with Gasteiger partial charge in [-0.2, -0.15) is 0 Å². The Hall–Kier alpha value is -2.09. The van der Waals surface area contributed by atoms with Crippen molar-refractivity contribution >= 4 is 34.0 Å². The number of anilines is 1. The molecule has 0 aromatic heterocycles. The number of benzene rings is 2. The van der Waals surface area contributed by atoms with E-state index >= 15 is 0 Å². The SMILES string of the molecule is Cc1cccc(NS(=O)(=O)c2ccc(C)c(C(=O)NC(CN)C3CC3)c2)c1.Cl. The predicted octanol–water partition coefficient (Wildman–Crippen LogP) is 2.99. The first-order valence-corrected chi connectivity index (χ1v) is 10.5. The van der Waals surface area contributed by atoms with Crippen LogP contribution in [-0.2, 0) is 10.0 Å². The number of aryl methyl sites for hydroxylation is 2. The molecule has 1 atom stereocenters. The maximum atomic E-state index is 12.7. The molecule has 1 aliphatic carbocycles. The van der Waals surface area contributed by atoms with Crippen LogP contribution in [0.2, 0.25) is 0 Å². The molecule has 3 rings (SSSR count). The minimum absolute atomic E-state index is 0. The molecule has 28 heavy (non-hydrogen) atoms. The fourth-order valence-corrected chi connectivity index (χ4v) is 4.12. The number of carbonyl (C=O) groups is 1. The lowest BCUT2D eigenvalue weighted by atomic mass is 10.1. The molecule has 152 valence electrons. The monoisotopic (exact) mass is 423 g/mol. The minimum atomic E-state index is -3.80. The topological polar surface area (TPSA) is 101 Å². The molecule has 6 nitrogen and oxygen atoms in total. The molecular weight excluding hydrogens is 398 g/mol. The number of sulfonamides is 1. The normalized spacial score (nSPS) is 14.7. The third-order valence-electron chi connectivity index (χ3n) is 4.80. The summed E-state index contributed by atoms with van der Waals surface area (Å²) in [7, 11) is -3.80. The van der Waals surface area contributed by atoms with Gasteiger partial charge in [-0.3, -0.25) is 9.52 Å². The van der Waals surface area contributed by atoms with Crippen molar-refractivity contribution in [3.8, 4) is 0 Å². The number of nitrogens with two attached hydrogens (primary N) is 1. The molecule has 0 heterocycles. The lowest BCUT2D eigenvalue weighted by molar-refractivity contribution is 0.0932. The first-order valence-electron chi connectivity index (χ1n) is 9.01. The highest BCUT2D eigenvalue weighted by Crippen LogP contribution is 2.32. The van der Waals surface area contributed by atoms with E-state index in [-0.39, 0.29) is 29.3 Å². The molecule has 1 saturated carbocycles. The van der Waals surface area contributed by atoms with Gasteiger partial charge >= 0.3 is 0 Å². The summed E-state index contributed by atoms with van der Waals surface area (Å²) in [6.45, 7) is 4.05. The minimum Gasteiger partial charge on any atom is -0.348 e. The Morgan fingerprint density at radius 3 is 2.50 bits per heavy atom. The largest absolute Gasteiger partial charge is 0.348 e. The summed E-state index contributed by atoms with van der Waals surface area (Å²) in [4.78, 5) is 12.7. The lowest BCUT2D eigenvalue weighted by Gasteiger charge is -2.17. The average Bonchev–Trinajstić information content (AvgIpc) is 3.44. The summed E-state index contributed by atoms with van der Waals surface area (Å²) in [5.41, 5.74) is 8.26. The van der Waals surface area contributed by atoms with Gasteiger partial charge in [0.05, 0.1) is 4.90 Å². The maximum Gasteiger partial charge on any atom is 0.261 e. The summed E-state index contributed by atoms with van der Waals surface area (Å²) in [6, 6.07) is 11.6. The van der Waals surface area contributed by atoms with Crippen molar-refractivity contribution in [2.75, 3.05) is 11.3 Å². The van der Waals surface area contributed by atoms with E-state index in [9.17, 15) is 13.2 Å². The summed E-state index contributed by atoms with van der Waals surface area (Å²) in [5, 5.41) is 2.94. The molecular formula is C20H26ClN3O3S. The van der Waals surface area contributed by atoms with Gasteiger partial charge in [-0.05, 0) is 68.0 Å². The van der Waals surface area contributed by atoms with Crippen LogP contribution in [-0.4, -0.2) is 26.9 Å². The Bertz CT molecular complexity index is 959. The van der Waals surface area contributed by atoms with Gasteiger partial charge in [-0.15, -0.1) is 12.4 Å². The smallest absolute Gasteiger partial charge is 0.261 e. The van der Waals surface area contributed by atoms with Crippen LogP contribution in [0.4, 0.5) is 5.69 Å². The predicted molar refractivity (Wildman–Crippen MR) is 113 cm³/mol. The van der Waals surface area contributed by atoms with Crippen LogP contribution in [0.3, 0.4) is 0 Å². The van der Waals surface area contributed by atoms with Gasteiger partial charge < -0.3 is 11.1 Å². The van der Waals surface area contributed by atoms with Crippen LogP contribution in [0.15, 0.2) is 47.4 Å². The number of hydrogen-bond acceptors (Lipinski definition) is 4. The van der Waals surface area contributed by atoms with Crippen molar-refractivity contribution in [3.05, 3.63) is 59.2 Å². The molecule has 1 aliphatic rings. The van der Waals surface area contributed by atoms with Crippen molar-refractivity contribution in [3.63, 3.8) is 0 Å². The van der Waals surface area contributed by atoms with Gasteiger partial charge in [0.1, 0.15) is 0 Å². The third kappa shape index (κ3) is 5.25. The average molecular weight is 424 g/mol. The first kappa shape index (κ1) is 22.2. The Morgan fingerprint density at radius 2 is 1.89 bits per heavy atom. The fourth-order valence-electron chi connectivity index (χ4n) is 3.05. The Balaban J connectivity index is 0.00000280. The van der Waals surface area contributed by atoms with E-state index in [0.717, 1.165) is 18.4 Å². The van der Waals surface area contributed by atoms with Gasteiger partial charge in [0.25, 0.3) is 15.9 Å². The summed E-state index contributed by atoms with van der Waals surface area (Å²) < 4.78 is 28.0. The standard InChI is InChI=1S/C20H25N3O3S.ClH/c1-13-4-3-5-16(10-13)23-27(25,26)17-9-6-14(2)18(11-17)20(24)22-19(12-21)15-7-8-15;/h3-6,9-11,15,19,23H,7-8,12,21H2,1-2H3,(H,22,24);1H. The van der Waals surface area contributed by atoms with Crippen molar-refractivity contribution in [1.82, 2.24) is 5.32 Å². The second kappa shape index (κ2) is 8.94. The van der Waals surface area contributed by atoms with Crippen LogP contribution in [0, 0.1) is 19.8 Å². The highest BCUT2D eigenvalue weighted by molar-refractivity contribution is 7.92. The summed E-state index contributed by atoms with van der Waals surface area (Å²) >= 11 is 0. The molecule has 1 amide bonds. The molecule has 0 saturated heterocycles. The van der Waals surface area contributed by atoms with Crippen molar-refractivity contribution < 1.29 is 13.2 Å². The molecule has 2 aromatic rings. The molecule has 8 heteroatoms. The highest BCUT2D eigenvalue weighted by atomic mass is 35.5. The maximum absolute atomic E-state index is 12.7. The Morgan fingerprint density at radius 1 is 1.18 bits per heavy atom. The van der Waals surface area contributed by atoms with Crippen LogP contribution in [0.25, 0.3) is 0 Å². The van der Waals surface area contributed by atoms with Gasteiger partial charge in [0.2, 0.25) is 0 Å². The zero-order valence-corrected chi connectivity index (χ0v) is 17.6. The van der Waals surface area contributed by atoms with Gasteiger partial charge in [-0.25, -0.2) is 8.42 Å². The summed E-state index contributed by atoms with van der Waals surface area (Å²) in [5.74, 6) is 0.136. The van der Waals surface area contributed by atoms with E-state index < -0.39 is 10.0 Å². The Kier molecular flexibility index (Phi) is 7.09. The number of nitrogens with one attached hydrogen (secondary N) is 2. The van der Waals surface area contributed by atoms with Crippen LogP contribution >= 0.6 is 12.4 Å². The van der Waals surface area contributed by atoms with Gasteiger partial charge in [0.15, 0.2) is 0 Å². The lowest BCUT2D eigenvalue weighted by Crippen LogP contribution is -2.42. The molecule has 0 radical (unpaired) electrons. The van der Waals surface area contributed by atoms with E-state index in [1.54, 1.807) is 31.2 Å². The quantitative estimate of drug-likeness (QED) is 0.637. The first-order chi connectivity index (χ1) is 12.8. The van der Waals surface area contributed by atoms with Crippen molar-refractivity contribution in [2.45, 2.75) is 37.6 Å². The Labute approximate surface area is 172 Å². The van der Waals surface area contributed by atoms with Gasteiger partial charge in [0, 0.05) is 23.8 Å². The van der Waals surface area contributed by atoms with Crippen molar-refractivity contribution in [2.24, 2.45) is 11.7 Å². The molecule has 1 fully saturated rings. The van der Waals surface area contributed by atoms with E-state index in [1.165, 1.54) is 12.1 Å². The van der Waals surface area contributed by atoms with Crippen LogP contribution < -0.4 is 15.8 Å². The van der Waals surface area contributed by atoms with E-state index in [0.29, 0.717) is 29.3 Å². The molecule has 0 aliphatic heterocycles. The number of rotatable bonds is 7. The number of carbonyl (C=O) groups excluding carboxylic acids is 1. The van der Waals surface area contributed by atoms with E-state index in [1.807, 2.05) is 13.0 Å². The van der Waals surface area contributed by atoms with Crippen LogP contribution in [0.5, 0.6) is 0 Å². The number of amides is 1. The van der Waals surface area contributed by atoms with E-state index in [2.05, 4.69) is 10.0 Å². The zero-order chi connectivity index (χ0) is 19.6. The summed E-state index contributed by atoms with van der Waals surface area (Å²) in [6.07, 6.45) is 2.13. The highest BCUT2D eigenvalue weighted by Gasteiger charge is 2.31. The molecule has 0 spiro atoms. The third-order valence-corrected chi connectivity index (χ3v) is 6.17. The fraction of sp³-hybridized carbons (Fsp3) is 0.350. The number of halogens is 1. The second-order valence-corrected chi connectivity index (χ2v) is 8.79. The molecule has 4 N–H and O–H groups in total.